The number of nitrogens with one attached hydrogen (secondary N) is 2. The van der Waals surface area contributed by atoms with Gasteiger partial charge in [0.15, 0.2) is 0 Å². The van der Waals surface area contributed by atoms with E-state index in [2.05, 4.69) is 10.6 Å². The fourth-order valence-corrected chi connectivity index (χ4v) is 3.12. The van der Waals surface area contributed by atoms with E-state index in [9.17, 15) is 18.8 Å². The molecule has 2 aromatic carbocycles. The zero-order valence-electron chi connectivity index (χ0n) is 15.6. The Balaban J connectivity index is 1.49. The topological polar surface area (TPSA) is 78.5 Å². The summed E-state index contributed by atoms with van der Waals surface area (Å²) in [5, 5.41) is 5.27. The number of carbonyl (C=O) groups excluding carboxylic acids is 3. The standard InChI is InChI=1S/C21H22FN3O3/c1-14-7-8-18(17(22)9-14)25-13-16(10-20(25)27)21(28)24-12-19(26)23-11-15-5-3-2-4-6-15/h2-9,16H,10-13H2,1H3,(H,23,26)(H,24,28). The zero-order chi connectivity index (χ0) is 20.1. The van der Waals surface area contributed by atoms with Gasteiger partial charge in [0, 0.05) is 19.5 Å². The Morgan fingerprint density at radius 1 is 1.14 bits per heavy atom. The van der Waals surface area contributed by atoms with Crippen molar-refractivity contribution in [3.8, 4) is 0 Å². The Hall–Kier alpha value is -3.22. The van der Waals surface area contributed by atoms with Crippen LogP contribution in [-0.2, 0) is 20.9 Å². The average molecular weight is 383 g/mol. The van der Waals surface area contributed by atoms with Crippen molar-refractivity contribution in [3.63, 3.8) is 0 Å². The van der Waals surface area contributed by atoms with Gasteiger partial charge in [-0.1, -0.05) is 36.4 Å². The van der Waals surface area contributed by atoms with Crippen LogP contribution in [0.3, 0.4) is 0 Å². The Morgan fingerprint density at radius 3 is 2.61 bits per heavy atom. The van der Waals surface area contributed by atoms with Crippen molar-refractivity contribution in [1.29, 1.82) is 0 Å². The van der Waals surface area contributed by atoms with Crippen molar-refractivity contribution < 1.29 is 18.8 Å². The average Bonchev–Trinajstić information content (AvgIpc) is 3.07. The predicted octanol–water partition coefficient (Wildman–Crippen LogP) is 1.92. The summed E-state index contributed by atoms with van der Waals surface area (Å²) in [5.74, 6) is -2.12. The molecule has 1 atom stereocenters. The van der Waals surface area contributed by atoms with Crippen molar-refractivity contribution in [2.45, 2.75) is 19.9 Å². The summed E-state index contributed by atoms with van der Waals surface area (Å²) in [6, 6.07) is 14.0. The Labute approximate surface area is 162 Å². The van der Waals surface area contributed by atoms with E-state index in [1.165, 1.54) is 11.0 Å². The molecule has 1 unspecified atom stereocenters. The fraction of sp³-hybridized carbons (Fsp3) is 0.286. The summed E-state index contributed by atoms with van der Waals surface area (Å²) in [4.78, 5) is 37.7. The van der Waals surface area contributed by atoms with E-state index in [4.69, 9.17) is 0 Å². The lowest BCUT2D eigenvalue weighted by atomic mass is 10.1. The van der Waals surface area contributed by atoms with E-state index in [1.54, 1.807) is 19.1 Å². The number of aryl methyl sites for hydroxylation is 1. The van der Waals surface area contributed by atoms with Gasteiger partial charge in [0.2, 0.25) is 17.7 Å². The number of hydrogen-bond acceptors (Lipinski definition) is 3. The van der Waals surface area contributed by atoms with Crippen LogP contribution in [0.2, 0.25) is 0 Å². The van der Waals surface area contributed by atoms with E-state index in [0.717, 1.165) is 11.1 Å². The molecule has 7 heteroatoms. The highest BCUT2D eigenvalue weighted by Gasteiger charge is 2.36. The Kier molecular flexibility index (Phi) is 6.03. The van der Waals surface area contributed by atoms with Gasteiger partial charge < -0.3 is 15.5 Å². The largest absolute Gasteiger partial charge is 0.350 e. The summed E-state index contributed by atoms with van der Waals surface area (Å²) < 4.78 is 14.1. The van der Waals surface area contributed by atoms with Crippen LogP contribution in [0.5, 0.6) is 0 Å². The molecule has 2 aromatic rings. The highest BCUT2D eigenvalue weighted by molar-refractivity contribution is 6.00. The van der Waals surface area contributed by atoms with Crippen LogP contribution >= 0.6 is 0 Å². The normalized spacial score (nSPS) is 16.1. The molecule has 1 saturated heterocycles. The number of carbonyl (C=O) groups is 3. The maximum atomic E-state index is 14.1. The van der Waals surface area contributed by atoms with Crippen molar-refractivity contribution >= 4 is 23.4 Å². The lowest BCUT2D eigenvalue weighted by Gasteiger charge is -2.17. The first-order valence-corrected chi connectivity index (χ1v) is 9.09. The number of benzene rings is 2. The smallest absolute Gasteiger partial charge is 0.239 e. The molecule has 6 nitrogen and oxygen atoms in total. The van der Waals surface area contributed by atoms with Crippen LogP contribution in [0.4, 0.5) is 10.1 Å². The second kappa shape index (κ2) is 8.65. The van der Waals surface area contributed by atoms with Gasteiger partial charge in [0.1, 0.15) is 5.82 Å². The van der Waals surface area contributed by atoms with Crippen LogP contribution in [0.25, 0.3) is 0 Å². The summed E-state index contributed by atoms with van der Waals surface area (Å²) in [6.07, 6.45) is -0.00914. The van der Waals surface area contributed by atoms with E-state index in [1.807, 2.05) is 30.3 Å². The summed E-state index contributed by atoms with van der Waals surface area (Å²) in [7, 11) is 0. The fourth-order valence-electron chi connectivity index (χ4n) is 3.12. The number of anilines is 1. The first kappa shape index (κ1) is 19.5. The van der Waals surface area contributed by atoms with Crippen molar-refractivity contribution in [2.75, 3.05) is 18.0 Å². The molecule has 1 fully saturated rings. The Morgan fingerprint density at radius 2 is 1.89 bits per heavy atom. The minimum atomic E-state index is -0.616. The molecule has 0 aliphatic carbocycles. The molecule has 28 heavy (non-hydrogen) atoms. The van der Waals surface area contributed by atoms with E-state index >= 15 is 0 Å². The first-order valence-electron chi connectivity index (χ1n) is 9.09. The quantitative estimate of drug-likeness (QED) is 0.800. The maximum Gasteiger partial charge on any atom is 0.239 e. The van der Waals surface area contributed by atoms with Crippen LogP contribution in [0.15, 0.2) is 48.5 Å². The predicted molar refractivity (Wildman–Crippen MR) is 103 cm³/mol. The van der Waals surface area contributed by atoms with E-state index < -0.39 is 17.6 Å². The summed E-state index contributed by atoms with van der Waals surface area (Å²) >= 11 is 0. The minimum Gasteiger partial charge on any atom is -0.350 e. The van der Waals surface area contributed by atoms with Gasteiger partial charge in [0.05, 0.1) is 18.2 Å². The minimum absolute atomic E-state index is 0.00914. The first-order chi connectivity index (χ1) is 13.4. The monoisotopic (exact) mass is 383 g/mol. The number of amides is 3. The van der Waals surface area contributed by atoms with Gasteiger partial charge in [-0.05, 0) is 30.2 Å². The molecular formula is C21H22FN3O3. The van der Waals surface area contributed by atoms with E-state index in [0.29, 0.717) is 6.54 Å². The lowest BCUT2D eigenvalue weighted by molar-refractivity contribution is -0.129. The molecule has 0 aromatic heterocycles. The number of rotatable bonds is 6. The Bertz CT molecular complexity index is 886. The van der Waals surface area contributed by atoms with Crippen LogP contribution in [0, 0.1) is 18.7 Å². The number of halogens is 1. The molecule has 1 aliphatic rings. The van der Waals surface area contributed by atoms with Crippen LogP contribution < -0.4 is 15.5 Å². The molecule has 0 radical (unpaired) electrons. The van der Waals surface area contributed by atoms with Gasteiger partial charge in [0.25, 0.3) is 0 Å². The highest BCUT2D eigenvalue weighted by Crippen LogP contribution is 2.28. The molecule has 3 amide bonds. The molecule has 146 valence electrons. The van der Waals surface area contributed by atoms with E-state index in [-0.39, 0.29) is 37.0 Å². The second-order valence-corrected chi connectivity index (χ2v) is 6.84. The van der Waals surface area contributed by atoms with Gasteiger partial charge in [-0.3, -0.25) is 14.4 Å². The molecule has 1 heterocycles. The third-order valence-electron chi connectivity index (χ3n) is 4.65. The maximum absolute atomic E-state index is 14.1. The molecule has 1 aliphatic heterocycles. The molecule has 0 saturated carbocycles. The third kappa shape index (κ3) is 4.73. The van der Waals surface area contributed by atoms with Gasteiger partial charge in [-0.25, -0.2) is 4.39 Å². The van der Waals surface area contributed by atoms with Crippen LogP contribution in [-0.4, -0.2) is 30.8 Å². The summed E-state index contributed by atoms with van der Waals surface area (Å²) in [6.45, 7) is 2.06. The van der Waals surface area contributed by atoms with Crippen molar-refractivity contribution in [1.82, 2.24) is 10.6 Å². The van der Waals surface area contributed by atoms with Crippen molar-refractivity contribution in [3.05, 3.63) is 65.5 Å². The highest BCUT2D eigenvalue weighted by atomic mass is 19.1. The van der Waals surface area contributed by atoms with Crippen LogP contribution in [0.1, 0.15) is 17.5 Å². The van der Waals surface area contributed by atoms with Gasteiger partial charge in [-0.2, -0.15) is 0 Å². The SMILES string of the molecule is Cc1ccc(N2CC(C(=O)NCC(=O)NCc3ccccc3)CC2=O)c(F)c1. The molecular weight excluding hydrogens is 361 g/mol. The van der Waals surface area contributed by atoms with Gasteiger partial charge >= 0.3 is 0 Å². The zero-order valence-corrected chi connectivity index (χ0v) is 15.6. The van der Waals surface area contributed by atoms with Crippen molar-refractivity contribution in [2.24, 2.45) is 5.92 Å². The number of hydrogen-bond donors (Lipinski definition) is 2. The summed E-state index contributed by atoms with van der Waals surface area (Å²) in [5.41, 5.74) is 1.88. The second-order valence-electron chi connectivity index (χ2n) is 6.84. The third-order valence-corrected chi connectivity index (χ3v) is 4.65. The molecule has 0 bridgehead atoms. The number of nitrogens with zero attached hydrogens (tertiary/aromatic N) is 1. The van der Waals surface area contributed by atoms with Gasteiger partial charge in [-0.15, -0.1) is 0 Å². The molecule has 2 N–H and O–H groups in total. The molecule has 0 spiro atoms. The molecule has 3 rings (SSSR count). The lowest BCUT2D eigenvalue weighted by Crippen LogP contribution is -2.40.